The van der Waals surface area contributed by atoms with Crippen LogP contribution in [0.4, 0.5) is 5.82 Å². The lowest BCUT2D eigenvalue weighted by molar-refractivity contribution is -0.117. The molecule has 1 fully saturated rings. The van der Waals surface area contributed by atoms with E-state index >= 15 is 0 Å². The van der Waals surface area contributed by atoms with Crippen LogP contribution in [0.25, 0.3) is 0 Å². The van der Waals surface area contributed by atoms with Gasteiger partial charge in [-0.05, 0) is 37.8 Å². The van der Waals surface area contributed by atoms with E-state index in [9.17, 15) is 4.79 Å². The molecule has 4 nitrogen and oxygen atoms in total. The number of rotatable bonds is 2. The largest absolute Gasteiger partial charge is 0.294 e. The molecular formula is C9H8Br2ClN3O. The highest BCUT2D eigenvalue weighted by molar-refractivity contribution is 9.11. The Morgan fingerprint density at radius 2 is 2.31 bits per heavy atom. The zero-order valence-corrected chi connectivity index (χ0v) is 12.1. The Balaban J connectivity index is 2.28. The van der Waals surface area contributed by atoms with E-state index in [2.05, 4.69) is 41.8 Å². The number of halogens is 3. The fraction of sp³-hybridized carbons (Fsp3) is 0.444. The molecule has 1 amide bonds. The second-order valence-electron chi connectivity index (χ2n) is 3.54. The summed E-state index contributed by atoms with van der Waals surface area (Å²) >= 11 is 12.3. The lowest BCUT2D eigenvalue weighted by Crippen LogP contribution is -2.26. The van der Waals surface area contributed by atoms with Crippen LogP contribution in [-0.4, -0.2) is 28.3 Å². The second-order valence-corrected chi connectivity index (χ2v) is 5.41. The maximum atomic E-state index is 11.7. The van der Waals surface area contributed by atoms with Gasteiger partial charge >= 0.3 is 0 Å². The van der Waals surface area contributed by atoms with Crippen molar-refractivity contribution < 1.29 is 4.79 Å². The standard InChI is InChI=1S/C9H8Br2ClN3O/c10-6-3-13-9(8(11)14-6)15-4-5(2-12)1-7(15)16/h3,5H,1-2,4H2. The van der Waals surface area contributed by atoms with Crippen LogP contribution < -0.4 is 4.90 Å². The van der Waals surface area contributed by atoms with Gasteiger partial charge in [0.2, 0.25) is 5.91 Å². The van der Waals surface area contributed by atoms with E-state index in [0.29, 0.717) is 33.9 Å². The average molecular weight is 369 g/mol. The lowest BCUT2D eigenvalue weighted by Gasteiger charge is -2.15. The summed E-state index contributed by atoms with van der Waals surface area (Å²) < 4.78 is 1.19. The first-order valence-corrected chi connectivity index (χ1v) is 6.78. The van der Waals surface area contributed by atoms with Gasteiger partial charge in [0.15, 0.2) is 5.82 Å². The molecule has 1 aliphatic heterocycles. The van der Waals surface area contributed by atoms with Crippen molar-refractivity contribution in [1.82, 2.24) is 9.97 Å². The first-order valence-electron chi connectivity index (χ1n) is 4.66. The predicted molar refractivity (Wildman–Crippen MR) is 68.6 cm³/mol. The van der Waals surface area contributed by atoms with Crippen molar-refractivity contribution in [1.29, 1.82) is 0 Å². The molecule has 1 unspecified atom stereocenters. The fourth-order valence-electron chi connectivity index (χ4n) is 1.61. The van der Waals surface area contributed by atoms with Crippen molar-refractivity contribution in [2.45, 2.75) is 6.42 Å². The number of hydrogen-bond acceptors (Lipinski definition) is 3. The van der Waals surface area contributed by atoms with Crippen LogP contribution in [0.1, 0.15) is 6.42 Å². The van der Waals surface area contributed by atoms with Gasteiger partial charge in [0, 0.05) is 18.8 Å². The summed E-state index contributed by atoms with van der Waals surface area (Å²) in [5, 5.41) is 0. The van der Waals surface area contributed by atoms with Crippen molar-refractivity contribution in [3.63, 3.8) is 0 Å². The van der Waals surface area contributed by atoms with Gasteiger partial charge in [-0.3, -0.25) is 9.69 Å². The summed E-state index contributed by atoms with van der Waals surface area (Å²) in [4.78, 5) is 21.7. The average Bonchev–Trinajstić information content (AvgIpc) is 2.60. The van der Waals surface area contributed by atoms with E-state index < -0.39 is 0 Å². The minimum absolute atomic E-state index is 0.0444. The van der Waals surface area contributed by atoms with Crippen LogP contribution in [-0.2, 0) is 4.79 Å². The molecule has 1 saturated heterocycles. The number of carbonyl (C=O) groups is 1. The van der Waals surface area contributed by atoms with E-state index in [1.807, 2.05) is 0 Å². The summed E-state index contributed by atoms with van der Waals surface area (Å²) in [5.74, 6) is 1.29. The molecule has 86 valence electrons. The molecule has 16 heavy (non-hydrogen) atoms. The minimum Gasteiger partial charge on any atom is -0.294 e. The quantitative estimate of drug-likeness (QED) is 0.753. The summed E-state index contributed by atoms with van der Waals surface area (Å²) in [5.41, 5.74) is 0. The third-order valence-corrected chi connectivity index (χ3v) is 3.71. The number of anilines is 1. The molecule has 2 heterocycles. The Bertz CT molecular complexity index is 429. The summed E-state index contributed by atoms with van der Waals surface area (Å²) in [6, 6.07) is 0. The molecule has 0 spiro atoms. The molecule has 7 heteroatoms. The van der Waals surface area contributed by atoms with E-state index in [-0.39, 0.29) is 11.8 Å². The van der Waals surface area contributed by atoms with E-state index in [4.69, 9.17) is 11.6 Å². The Hall–Kier alpha value is -0.200. The number of carbonyl (C=O) groups excluding carboxylic acids is 1. The molecule has 1 aliphatic rings. The Labute approximate surface area is 115 Å². The molecule has 0 aliphatic carbocycles. The zero-order valence-electron chi connectivity index (χ0n) is 8.16. The Morgan fingerprint density at radius 3 is 2.88 bits per heavy atom. The fourth-order valence-corrected chi connectivity index (χ4v) is 2.84. The summed E-state index contributed by atoms with van der Waals surface area (Å²) in [6.45, 7) is 0.608. The third kappa shape index (κ3) is 2.38. The van der Waals surface area contributed by atoms with Gasteiger partial charge in [0.25, 0.3) is 0 Å². The van der Waals surface area contributed by atoms with Gasteiger partial charge < -0.3 is 0 Å². The van der Waals surface area contributed by atoms with Crippen molar-refractivity contribution in [2.24, 2.45) is 5.92 Å². The van der Waals surface area contributed by atoms with Crippen LogP contribution >= 0.6 is 43.5 Å². The van der Waals surface area contributed by atoms with Gasteiger partial charge in [-0.25, -0.2) is 9.97 Å². The highest BCUT2D eigenvalue weighted by Gasteiger charge is 2.32. The molecule has 1 atom stereocenters. The smallest absolute Gasteiger partial charge is 0.228 e. The number of hydrogen-bond donors (Lipinski definition) is 0. The van der Waals surface area contributed by atoms with Crippen molar-refractivity contribution >= 4 is 55.2 Å². The Kier molecular flexibility index (Phi) is 3.81. The van der Waals surface area contributed by atoms with Crippen LogP contribution in [0.5, 0.6) is 0 Å². The lowest BCUT2D eigenvalue weighted by atomic mass is 10.2. The molecule has 0 aromatic carbocycles. The van der Waals surface area contributed by atoms with Gasteiger partial charge in [0.05, 0.1) is 6.20 Å². The maximum absolute atomic E-state index is 11.7. The highest BCUT2D eigenvalue weighted by Crippen LogP contribution is 2.29. The first-order chi connectivity index (χ1) is 7.61. The van der Waals surface area contributed by atoms with Crippen LogP contribution in [0.3, 0.4) is 0 Å². The van der Waals surface area contributed by atoms with E-state index in [1.165, 1.54) is 0 Å². The molecule has 0 N–H and O–H groups in total. The van der Waals surface area contributed by atoms with Crippen molar-refractivity contribution in [3.05, 3.63) is 15.4 Å². The van der Waals surface area contributed by atoms with Crippen molar-refractivity contribution in [2.75, 3.05) is 17.3 Å². The van der Waals surface area contributed by atoms with Gasteiger partial charge in [0.1, 0.15) is 9.21 Å². The zero-order chi connectivity index (χ0) is 11.7. The molecule has 0 bridgehead atoms. The number of alkyl halides is 1. The monoisotopic (exact) mass is 367 g/mol. The minimum atomic E-state index is 0.0444. The second kappa shape index (κ2) is 4.98. The van der Waals surface area contributed by atoms with Gasteiger partial charge in [-0.2, -0.15) is 0 Å². The molecule has 1 aromatic rings. The third-order valence-electron chi connectivity index (χ3n) is 2.36. The van der Waals surface area contributed by atoms with Crippen LogP contribution in [0, 0.1) is 5.92 Å². The SMILES string of the molecule is O=C1CC(CCl)CN1c1ncc(Br)nc1Br. The van der Waals surface area contributed by atoms with E-state index in [1.54, 1.807) is 11.1 Å². The molecule has 1 aromatic heterocycles. The predicted octanol–water partition coefficient (Wildman–Crippen LogP) is 2.59. The first kappa shape index (κ1) is 12.3. The Morgan fingerprint density at radius 1 is 1.56 bits per heavy atom. The van der Waals surface area contributed by atoms with Gasteiger partial charge in [-0.1, -0.05) is 0 Å². The number of nitrogens with zero attached hydrogens (tertiary/aromatic N) is 3. The van der Waals surface area contributed by atoms with Crippen LogP contribution in [0.15, 0.2) is 15.4 Å². The van der Waals surface area contributed by atoms with Crippen LogP contribution in [0.2, 0.25) is 0 Å². The summed E-state index contributed by atoms with van der Waals surface area (Å²) in [6.07, 6.45) is 2.05. The number of aromatic nitrogens is 2. The van der Waals surface area contributed by atoms with Crippen molar-refractivity contribution in [3.8, 4) is 0 Å². The van der Waals surface area contributed by atoms with Gasteiger partial charge in [-0.15, -0.1) is 11.6 Å². The highest BCUT2D eigenvalue weighted by atomic mass is 79.9. The van der Waals surface area contributed by atoms with E-state index in [0.717, 1.165) is 0 Å². The molecule has 0 saturated carbocycles. The maximum Gasteiger partial charge on any atom is 0.228 e. The summed E-state index contributed by atoms with van der Waals surface area (Å²) in [7, 11) is 0. The molecular weight excluding hydrogens is 361 g/mol. The normalized spacial score (nSPS) is 20.6. The number of amides is 1. The molecule has 0 radical (unpaired) electrons. The topological polar surface area (TPSA) is 46.1 Å². The molecule has 2 rings (SSSR count).